The Labute approximate surface area is 111 Å². The Bertz CT molecular complexity index is 367. The predicted molar refractivity (Wildman–Crippen MR) is 69.2 cm³/mol. The van der Waals surface area contributed by atoms with Crippen molar-refractivity contribution in [3.05, 3.63) is 34.6 Å². The number of amides is 1. The minimum atomic E-state index is -0.620. The van der Waals surface area contributed by atoms with Crippen LogP contribution in [0.3, 0.4) is 0 Å². The number of carbonyl (C=O) groups excluding carboxylic acids is 1. The highest BCUT2D eigenvalue weighted by Crippen LogP contribution is 2.18. The second kappa shape index (κ2) is 7.48. The number of nitrogens with two attached hydrogens (primary N) is 1. The second-order valence-electron chi connectivity index (χ2n) is 3.65. The zero-order valence-corrected chi connectivity index (χ0v) is 10.9. The molecule has 1 aromatic carbocycles. The van der Waals surface area contributed by atoms with E-state index in [1.807, 2.05) is 6.92 Å². The van der Waals surface area contributed by atoms with Crippen molar-refractivity contribution in [3.63, 3.8) is 0 Å². The Morgan fingerprint density at radius 3 is 2.76 bits per heavy atom. The molecule has 0 fully saturated rings. The van der Waals surface area contributed by atoms with E-state index >= 15 is 0 Å². The topological polar surface area (TPSA) is 55.1 Å². The van der Waals surface area contributed by atoms with Crippen molar-refractivity contribution < 1.29 is 9.18 Å². The molecule has 3 N–H and O–H groups in total. The van der Waals surface area contributed by atoms with E-state index in [2.05, 4.69) is 5.32 Å². The maximum absolute atomic E-state index is 13.3. The van der Waals surface area contributed by atoms with Crippen LogP contribution in [0, 0.1) is 11.7 Å². The highest BCUT2D eigenvalue weighted by molar-refractivity contribution is 6.33. The molecule has 1 amide bonds. The van der Waals surface area contributed by atoms with Gasteiger partial charge in [0.25, 0.3) is 5.91 Å². The first kappa shape index (κ1) is 16.2. The van der Waals surface area contributed by atoms with Crippen LogP contribution in [0.25, 0.3) is 0 Å². The lowest BCUT2D eigenvalue weighted by molar-refractivity contribution is 0.0944. The molecule has 0 saturated heterocycles. The van der Waals surface area contributed by atoms with Gasteiger partial charge < -0.3 is 11.1 Å². The molecule has 1 unspecified atom stereocenters. The van der Waals surface area contributed by atoms with E-state index in [1.54, 1.807) is 0 Å². The van der Waals surface area contributed by atoms with Crippen LogP contribution in [-0.2, 0) is 0 Å². The first-order valence-corrected chi connectivity index (χ1v) is 5.36. The smallest absolute Gasteiger partial charge is 0.255 e. The minimum absolute atomic E-state index is 0. The van der Waals surface area contributed by atoms with Crippen molar-refractivity contribution in [2.45, 2.75) is 6.92 Å². The molecule has 0 aliphatic heterocycles. The van der Waals surface area contributed by atoms with Crippen molar-refractivity contribution >= 4 is 29.9 Å². The highest BCUT2D eigenvalue weighted by atomic mass is 35.5. The SMILES string of the molecule is CC(CN)CNC(=O)c1c(F)cccc1Cl.Cl. The summed E-state index contributed by atoms with van der Waals surface area (Å²) >= 11 is 5.75. The molecule has 0 aliphatic carbocycles. The van der Waals surface area contributed by atoms with Gasteiger partial charge in [-0.05, 0) is 24.6 Å². The van der Waals surface area contributed by atoms with Crippen LogP contribution in [0.5, 0.6) is 0 Å². The molecule has 0 aromatic heterocycles. The molecule has 1 aromatic rings. The summed E-state index contributed by atoms with van der Waals surface area (Å²) in [6.07, 6.45) is 0. The van der Waals surface area contributed by atoms with Gasteiger partial charge in [-0.25, -0.2) is 4.39 Å². The number of hydrogen-bond acceptors (Lipinski definition) is 2. The van der Waals surface area contributed by atoms with Crippen molar-refractivity contribution in [2.24, 2.45) is 11.7 Å². The molecule has 1 atom stereocenters. The van der Waals surface area contributed by atoms with Crippen LogP contribution in [-0.4, -0.2) is 19.0 Å². The highest BCUT2D eigenvalue weighted by Gasteiger charge is 2.15. The monoisotopic (exact) mass is 280 g/mol. The van der Waals surface area contributed by atoms with Crippen LogP contribution in [0.2, 0.25) is 5.02 Å². The van der Waals surface area contributed by atoms with E-state index in [9.17, 15) is 9.18 Å². The lowest BCUT2D eigenvalue weighted by Crippen LogP contribution is -2.31. The molecule has 17 heavy (non-hydrogen) atoms. The minimum Gasteiger partial charge on any atom is -0.352 e. The van der Waals surface area contributed by atoms with Gasteiger partial charge in [-0.2, -0.15) is 0 Å². The third-order valence-electron chi connectivity index (χ3n) is 2.20. The Hall–Kier alpha value is -0.840. The lowest BCUT2D eigenvalue weighted by atomic mass is 10.1. The van der Waals surface area contributed by atoms with Gasteiger partial charge in [0.15, 0.2) is 0 Å². The molecule has 1 rings (SSSR count). The molecule has 6 heteroatoms. The molecule has 0 aliphatic rings. The molecule has 0 heterocycles. The van der Waals surface area contributed by atoms with E-state index < -0.39 is 11.7 Å². The summed E-state index contributed by atoms with van der Waals surface area (Å²) in [5.41, 5.74) is 5.29. The van der Waals surface area contributed by atoms with E-state index in [1.165, 1.54) is 18.2 Å². The Kier molecular flexibility index (Phi) is 7.11. The molecule has 0 saturated carbocycles. The van der Waals surface area contributed by atoms with Crippen molar-refractivity contribution in [1.82, 2.24) is 5.32 Å². The summed E-state index contributed by atoms with van der Waals surface area (Å²) in [6.45, 7) is 2.76. The zero-order chi connectivity index (χ0) is 12.1. The normalized spacial score (nSPS) is 11.5. The maximum Gasteiger partial charge on any atom is 0.255 e. The molecule has 0 radical (unpaired) electrons. The first-order valence-electron chi connectivity index (χ1n) is 4.98. The Morgan fingerprint density at radius 2 is 2.24 bits per heavy atom. The third-order valence-corrected chi connectivity index (χ3v) is 2.52. The van der Waals surface area contributed by atoms with Crippen molar-refractivity contribution in [1.29, 1.82) is 0 Å². The van der Waals surface area contributed by atoms with Gasteiger partial charge >= 0.3 is 0 Å². The van der Waals surface area contributed by atoms with Crippen LogP contribution < -0.4 is 11.1 Å². The summed E-state index contributed by atoms with van der Waals surface area (Å²) in [5, 5.41) is 2.70. The van der Waals surface area contributed by atoms with Crippen molar-refractivity contribution in [3.8, 4) is 0 Å². The predicted octanol–water partition coefficient (Wildman–Crippen LogP) is 2.23. The number of benzene rings is 1. The van der Waals surface area contributed by atoms with Gasteiger partial charge in [0.2, 0.25) is 0 Å². The third kappa shape index (κ3) is 4.50. The summed E-state index contributed by atoms with van der Waals surface area (Å²) in [6, 6.07) is 4.13. The lowest BCUT2D eigenvalue weighted by Gasteiger charge is -2.11. The fraction of sp³-hybridized carbons (Fsp3) is 0.364. The molecular weight excluding hydrogens is 266 g/mol. The largest absolute Gasteiger partial charge is 0.352 e. The van der Waals surface area contributed by atoms with Gasteiger partial charge in [-0.1, -0.05) is 24.6 Å². The maximum atomic E-state index is 13.3. The summed E-state index contributed by atoms with van der Waals surface area (Å²) in [7, 11) is 0. The van der Waals surface area contributed by atoms with Gasteiger partial charge in [-0.15, -0.1) is 12.4 Å². The quantitative estimate of drug-likeness (QED) is 0.889. The molecule has 0 bridgehead atoms. The Balaban J connectivity index is 0.00000256. The average Bonchev–Trinajstić information content (AvgIpc) is 2.25. The standard InChI is InChI=1S/C11H14ClFN2O.ClH/c1-7(5-14)6-15-11(16)10-8(12)3-2-4-9(10)13;/h2-4,7H,5-6,14H2,1H3,(H,15,16);1H. The molecule has 0 spiro atoms. The van der Waals surface area contributed by atoms with Gasteiger partial charge in [0.05, 0.1) is 10.6 Å². The number of carbonyl (C=O) groups is 1. The number of hydrogen-bond donors (Lipinski definition) is 2. The van der Waals surface area contributed by atoms with E-state index in [0.717, 1.165) is 0 Å². The first-order chi connectivity index (χ1) is 7.56. The summed E-state index contributed by atoms with van der Waals surface area (Å²) in [5.74, 6) is -0.983. The fourth-order valence-corrected chi connectivity index (χ4v) is 1.40. The van der Waals surface area contributed by atoms with E-state index in [0.29, 0.717) is 13.1 Å². The van der Waals surface area contributed by atoms with E-state index in [4.69, 9.17) is 17.3 Å². The van der Waals surface area contributed by atoms with Crippen LogP contribution >= 0.6 is 24.0 Å². The summed E-state index contributed by atoms with van der Waals surface area (Å²) < 4.78 is 13.3. The van der Waals surface area contributed by atoms with Gasteiger partial charge in [-0.3, -0.25) is 4.79 Å². The van der Waals surface area contributed by atoms with Crippen molar-refractivity contribution in [2.75, 3.05) is 13.1 Å². The molecule has 3 nitrogen and oxygen atoms in total. The number of rotatable bonds is 4. The van der Waals surface area contributed by atoms with Crippen LogP contribution in [0.4, 0.5) is 4.39 Å². The molecule has 96 valence electrons. The second-order valence-corrected chi connectivity index (χ2v) is 4.05. The zero-order valence-electron chi connectivity index (χ0n) is 9.37. The number of nitrogens with one attached hydrogen (secondary N) is 1. The summed E-state index contributed by atoms with van der Waals surface area (Å²) in [4.78, 5) is 11.6. The van der Waals surface area contributed by atoms with E-state index in [-0.39, 0.29) is 28.9 Å². The average molecular weight is 281 g/mol. The van der Waals surface area contributed by atoms with Gasteiger partial charge in [0.1, 0.15) is 5.82 Å². The van der Waals surface area contributed by atoms with Crippen LogP contribution in [0.1, 0.15) is 17.3 Å². The Morgan fingerprint density at radius 1 is 1.59 bits per heavy atom. The fourth-order valence-electron chi connectivity index (χ4n) is 1.15. The number of halogens is 3. The molecular formula is C11H15Cl2FN2O. The van der Waals surface area contributed by atoms with Gasteiger partial charge in [0, 0.05) is 6.54 Å². The van der Waals surface area contributed by atoms with Crippen LogP contribution in [0.15, 0.2) is 18.2 Å².